The van der Waals surface area contributed by atoms with Gasteiger partial charge in [-0.2, -0.15) is 0 Å². The number of hydrogen-bond donors (Lipinski definition) is 0. The molecule has 2 heterocycles. The molecule has 7 aromatic rings. The fourth-order valence-electron chi connectivity index (χ4n) is 7.18. The van der Waals surface area contributed by atoms with E-state index in [1.54, 1.807) is 0 Å². The van der Waals surface area contributed by atoms with Crippen LogP contribution in [-0.2, 0) is 6.42 Å². The normalized spacial score (nSPS) is 12.5. The van der Waals surface area contributed by atoms with Crippen LogP contribution in [0.25, 0.3) is 65.4 Å². The second-order valence-electron chi connectivity index (χ2n) is 13.8. The predicted molar refractivity (Wildman–Crippen MR) is 191 cm³/mol. The summed E-state index contributed by atoms with van der Waals surface area (Å²) in [6.07, 6.45) is 12.0. The Labute approximate surface area is 261 Å². The van der Waals surface area contributed by atoms with Gasteiger partial charge < -0.3 is 8.83 Å². The monoisotopic (exact) mass is 582 g/mol. The molecule has 0 spiro atoms. The third-order valence-corrected chi connectivity index (χ3v) is 9.82. The SMILES string of the molecule is CCCCCCCCCCc1ccc2cc3oc4cc5c(cc4c3cc2c1)oc1cc2c(C(C)C)cc(C(C)C)cc2cc15. The molecule has 0 aliphatic heterocycles. The number of benzene rings is 5. The minimum absolute atomic E-state index is 0.447. The molecule has 0 bridgehead atoms. The molecule has 0 saturated heterocycles. The van der Waals surface area contributed by atoms with Crippen molar-refractivity contribution in [1.29, 1.82) is 0 Å². The molecule has 0 atom stereocenters. The molecule has 44 heavy (non-hydrogen) atoms. The van der Waals surface area contributed by atoms with Gasteiger partial charge in [-0.3, -0.25) is 0 Å². The van der Waals surface area contributed by atoms with Gasteiger partial charge in [-0.05, 0) is 99.3 Å². The van der Waals surface area contributed by atoms with Gasteiger partial charge in [0.25, 0.3) is 0 Å². The van der Waals surface area contributed by atoms with Crippen molar-refractivity contribution in [3.05, 3.63) is 83.4 Å². The largest absolute Gasteiger partial charge is 0.456 e. The van der Waals surface area contributed by atoms with Crippen LogP contribution in [0.2, 0.25) is 0 Å². The van der Waals surface area contributed by atoms with E-state index in [0.29, 0.717) is 11.8 Å². The highest BCUT2D eigenvalue weighted by Gasteiger charge is 2.17. The number of furan rings is 2. The lowest BCUT2D eigenvalue weighted by atomic mass is 9.89. The maximum atomic E-state index is 6.56. The quantitative estimate of drug-likeness (QED) is 0.142. The highest BCUT2D eigenvalue weighted by atomic mass is 16.3. The maximum Gasteiger partial charge on any atom is 0.136 e. The Hall–Kier alpha value is -3.78. The van der Waals surface area contributed by atoms with E-state index in [4.69, 9.17) is 8.83 Å². The van der Waals surface area contributed by atoms with Crippen LogP contribution < -0.4 is 0 Å². The van der Waals surface area contributed by atoms with Crippen LogP contribution >= 0.6 is 0 Å². The summed E-state index contributed by atoms with van der Waals surface area (Å²) in [5.74, 6) is 0.933. The molecule has 0 unspecified atom stereocenters. The average Bonchev–Trinajstić information content (AvgIpc) is 3.54. The Morgan fingerprint density at radius 3 is 1.68 bits per heavy atom. The predicted octanol–water partition coefficient (Wildman–Crippen LogP) is 13.7. The topological polar surface area (TPSA) is 26.3 Å². The van der Waals surface area contributed by atoms with Crippen molar-refractivity contribution >= 4 is 65.4 Å². The van der Waals surface area contributed by atoms with Crippen molar-refractivity contribution in [3.8, 4) is 0 Å². The zero-order valence-electron chi connectivity index (χ0n) is 27.2. The van der Waals surface area contributed by atoms with Gasteiger partial charge in [0.05, 0.1) is 0 Å². The van der Waals surface area contributed by atoms with E-state index in [0.717, 1.165) is 50.3 Å². The lowest BCUT2D eigenvalue weighted by Crippen LogP contribution is -1.95. The fraction of sp³-hybridized carbons (Fsp3) is 0.381. The highest BCUT2D eigenvalue weighted by Crippen LogP contribution is 2.40. The van der Waals surface area contributed by atoms with Crippen LogP contribution in [0.4, 0.5) is 0 Å². The standard InChI is InChI=1S/C42H46O2/c1-6-7-8-9-10-11-12-13-14-28-15-16-29-22-39-35(20-31(29)17-28)37-24-42-38(25-41(37)43-39)36-21-32-18-30(26(2)3)19-33(27(4)5)34(32)23-40(36)44-42/h15-27H,6-14H2,1-5H3. The first-order chi connectivity index (χ1) is 21.4. The Balaban J connectivity index is 1.23. The number of hydrogen-bond acceptors (Lipinski definition) is 2. The zero-order chi connectivity index (χ0) is 30.4. The van der Waals surface area contributed by atoms with E-state index in [2.05, 4.69) is 101 Å². The van der Waals surface area contributed by atoms with Crippen molar-refractivity contribution in [1.82, 2.24) is 0 Å². The molecule has 226 valence electrons. The van der Waals surface area contributed by atoms with Gasteiger partial charge in [0.15, 0.2) is 0 Å². The van der Waals surface area contributed by atoms with E-state index >= 15 is 0 Å². The van der Waals surface area contributed by atoms with Crippen LogP contribution in [0.15, 0.2) is 75.6 Å². The lowest BCUT2D eigenvalue weighted by Gasteiger charge is -2.15. The van der Waals surface area contributed by atoms with Gasteiger partial charge in [0.1, 0.15) is 22.3 Å². The summed E-state index contributed by atoms with van der Waals surface area (Å²) in [6, 6.07) is 25.2. The van der Waals surface area contributed by atoms with Gasteiger partial charge >= 0.3 is 0 Å². The molecule has 7 rings (SSSR count). The lowest BCUT2D eigenvalue weighted by molar-refractivity contribution is 0.575. The summed E-state index contributed by atoms with van der Waals surface area (Å²) >= 11 is 0. The summed E-state index contributed by atoms with van der Waals surface area (Å²) in [4.78, 5) is 0. The molecule has 2 aromatic heterocycles. The highest BCUT2D eigenvalue weighted by molar-refractivity contribution is 6.18. The third kappa shape index (κ3) is 5.38. The molecule has 2 heteroatoms. The minimum atomic E-state index is 0.447. The molecule has 2 nitrogen and oxygen atoms in total. The van der Waals surface area contributed by atoms with Crippen LogP contribution in [-0.4, -0.2) is 0 Å². The first kappa shape index (κ1) is 29.0. The molecule has 0 aliphatic rings. The van der Waals surface area contributed by atoms with Crippen molar-refractivity contribution in [2.45, 2.75) is 104 Å². The fourth-order valence-corrected chi connectivity index (χ4v) is 7.18. The summed E-state index contributed by atoms with van der Waals surface area (Å²) in [7, 11) is 0. The maximum absolute atomic E-state index is 6.56. The molecule has 0 aliphatic carbocycles. The third-order valence-electron chi connectivity index (χ3n) is 9.82. The van der Waals surface area contributed by atoms with E-state index in [-0.39, 0.29) is 0 Å². The van der Waals surface area contributed by atoms with E-state index in [1.807, 2.05) is 0 Å². The summed E-state index contributed by atoms with van der Waals surface area (Å²) < 4.78 is 13.0. The summed E-state index contributed by atoms with van der Waals surface area (Å²) in [6.45, 7) is 11.4. The minimum Gasteiger partial charge on any atom is -0.456 e. The Kier molecular flexibility index (Phi) is 7.87. The van der Waals surface area contributed by atoms with E-state index in [1.165, 1.54) is 89.6 Å². The molecule has 0 N–H and O–H groups in total. The number of rotatable bonds is 11. The Bertz CT molecular complexity index is 2120. The van der Waals surface area contributed by atoms with Gasteiger partial charge in [-0.25, -0.2) is 0 Å². The van der Waals surface area contributed by atoms with Gasteiger partial charge in [0.2, 0.25) is 0 Å². The zero-order valence-corrected chi connectivity index (χ0v) is 27.2. The summed E-state index contributed by atoms with van der Waals surface area (Å²) in [5.41, 5.74) is 7.94. The van der Waals surface area contributed by atoms with Gasteiger partial charge in [-0.1, -0.05) is 110 Å². The molecule has 0 radical (unpaired) electrons. The first-order valence-corrected chi connectivity index (χ1v) is 17.1. The molecular weight excluding hydrogens is 536 g/mol. The van der Waals surface area contributed by atoms with Gasteiger partial charge in [-0.15, -0.1) is 0 Å². The smallest absolute Gasteiger partial charge is 0.136 e. The second kappa shape index (κ2) is 12.0. The molecule has 5 aromatic carbocycles. The van der Waals surface area contributed by atoms with Crippen LogP contribution in [0.3, 0.4) is 0 Å². The first-order valence-electron chi connectivity index (χ1n) is 17.1. The molecule has 0 saturated carbocycles. The Morgan fingerprint density at radius 2 is 1.05 bits per heavy atom. The van der Waals surface area contributed by atoms with Crippen molar-refractivity contribution in [2.24, 2.45) is 0 Å². The number of unbranched alkanes of at least 4 members (excludes halogenated alkanes) is 7. The van der Waals surface area contributed by atoms with Crippen LogP contribution in [0.5, 0.6) is 0 Å². The van der Waals surface area contributed by atoms with Crippen molar-refractivity contribution in [2.75, 3.05) is 0 Å². The van der Waals surface area contributed by atoms with Crippen molar-refractivity contribution < 1.29 is 8.83 Å². The average molecular weight is 583 g/mol. The van der Waals surface area contributed by atoms with E-state index < -0.39 is 0 Å². The van der Waals surface area contributed by atoms with Crippen LogP contribution in [0, 0.1) is 0 Å². The Morgan fingerprint density at radius 1 is 0.477 bits per heavy atom. The number of aryl methyl sites for hydroxylation is 1. The van der Waals surface area contributed by atoms with E-state index in [9.17, 15) is 0 Å². The molecular formula is C42H46O2. The second-order valence-corrected chi connectivity index (χ2v) is 13.8. The van der Waals surface area contributed by atoms with Crippen molar-refractivity contribution in [3.63, 3.8) is 0 Å². The summed E-state index contributed by atoms with van der Waals surface area (Å²) in [5, 5.41) is 9.65. The number of fused-ring (bicyclic) bond motifs is 8. The molecule has 0 fully saturated rings. The molecule has 0 amide bonds. The van der Waals surface area contributed by atoms with Gasteiger partial charge in [0, 0.05) is 21.5 Å². The van der Waals surface area contributed by atoms with Crippen LogP contribution in [0.1, 0.15) is 115 Å².